The molecular weight excluding hydrogens is 388 g/mol. The Kier molecular flexibility index (Phi) is 6.19. The van der Waals surface area contributed by atoms with Crippen LogP contribution >= 0.6 is 0 Å². The van der Waals surface area contributed by atoms with Gasteiger partial charge in [-0.05, 0) is 112 Å². The maximum absolute atomic E-state index is 12.1. The summed E-state index contributed by atoms with van der Waals surface area (Å²) in [5, 5.41) is 31.7. The van der Waals surface area contributed by atoms with E-state index in [0.717, 1.165) is 25.7 Å². The van der Waals surface area contributed by atoms with Gasteiger partial charge in [-0.25, -0.2) is 0 Å². The van der Waals surface area contributed by atoms with Crippen LogP contribution in [-0.2, 0) is 4.79 Å². The molecular formula is C27H46O4. The summed E-state index contributed by atoms with van der Waals surface area (Å²) in [5.74, 6) is 3.41. The summed E-state index contributed by atoms with van der Waals surface area (Å²) in [5.41, 5.74) is -0.561. The van der Waals surface area contributed by atoms with Gasteiger partial charge in [0.05, 0.1) is 17.8 Å². The molecule has 0 aromatic heterocycles. The molecule has 178 valence electrons. The van der Waals surface area contributed by atoms with Crippen molar-refractivity contribution in [1.82, 2.24) is 0 Å². The van der Waals surface area contributed by atoms with Crippen LogP contribution in [-0.4, -0.2) is 38.9 Å². The molecule has 0 radical (unpaired) electrons. The summed E-state index contributed by atoms with van der Waals surface area (Å²) in [6.07, 6.45) is 8.73. The number of hydrogen-bond donors (Lipinski definition) is 3. The smallest absolute Gasteiger partial charge is 0.133 e. The number of fused-ring (bicyclic) bond motifs is 5. The van der Waals surface area contributed by atoms with Crippen molar-refractivity contribution >= 4 is 5.78 Å². The van der Waals surface area contributed by atoms with E-state index in [1.54, 1.807) is 13.8 Å². The van der Waals surface area contributed by atoms with E-state index in [1.165, 1.54) is 25.7 Å². The van der Waals surface area contributed by atoms with Gasteiger partial charge in [-0.15, -0.1) is 0 Å². The molecule has 0 spiro atoms. The van der Waals surface area contributed by atoms with Crippen LogP contribution in [0.4, 0.5) is 0 Å². The van der Waals surface area contributed by atoms with Crippen LogP contribution in [0.15, 0.2) is 0 Å². The van der Waals surface area contributed by atoms with Crippen LogP contribution < -0.4 is 0 Å². The van der Waals surface area contributed by atoms with E-state index in [-0.39, 0.29) is 16.9 Å². The van der Waals surface area contributed by atoms with Crippen molar-refractivity contribution in [1.29, 1.82) is 0 Å². The van der Waals surface area contributed by atoms with E-state index >= 15 is 0 Å². The zero-order chi connectivity index (χ0) is 22.8. The molecule has 4 fully saturated rings. The fraction of sp³-hybridized carbons (Fsp3) is 0.963. The predicted octanol–water partition coefficient (Wildman–Crippen LogP) is 4.73. The third-order valence-corrected chi connectivity index (χ3v) is 11.0. The zero-order valence-corrected chi connectivity index (χ0v) is 20.4. The molecule has 0 amide bonds. The molecule has 10 atom stereocenters. The number of aliphatic hydroxyl groups is 3. The van der Waals surface area contributed by atoms with E-state index < -0.39 is 11.7 Å². The number of aliphatic hydroxyl groups excluding tert-OH is 2. The van der Waals surface area contributed by atoms with Gasteiger partial charge in [-0.3, -0.25) is 4.79 Å². The van der Waals surface area contributed by atoms with Gasteiger partial charge >= 0.3 is 0 Å². The van der Waals surface area contributed by atoms with E-state index in [9.17, 15) is 20.1 Å². The second-order valence-electron chi connectivity index (χ2n) is 13.0. The standard InChI is InChI=1S/C27H46O4/c1-16(6-9-23(30)25(2,3)31)19-7-8-20-24-21(11-13-27(19,20)5)26(4)12-10-18(28)14-17(26)15-22(24)29/h16-17,19-24,29-31H,6-15H2,1-5H3/t16-,17?,19?,20+,21+,22?,23?,24?,26?,27?/m1/s1. The van der Waals surface area contributed by atoms with Crippen LogP contribution in [0.2, 0.25) is 0 Å². The fourth-order valence-corrected chi connectivity index (χ4v) is 8.96. The molecule has 0 aliphatic heterocycles. The second-order valence-corrected chi connectivity index (χ2v) is 13.0. The first-order chi connectivity index (χ1) is 14.4. The van der Waals surface area contributed by atoms with Gasteiger partial charge in [0.25, 0.3) is 0 Å². The van der Waals surface area contributed by atoms with Crippen LogP contribution in [0, 0.1) is 46.3 Å². The summed E-state index contributed by atoms with van der Waals surface area (Å²) in [6, 6.07) is 0. The Morgan fingerprint density at radius 3 is 2.42 bits per heavy atom. The number of carbonyl (C=O) groups excluding carboxylic acids is 1. The number of rotatable bonds is 5. The maximum Gasteiger partial charge on any atom is 0.133 e. The molecule has 3 N–H and O–H groups in total. The minimum atomic E-state index is -1.04. The van der Waals surface area contributed by atoms with Crippen molar-refractivity contribution < 1.29 is 20.1 Å². The topological polar surface area (TPSA) is 77.8 Å². The molecule has 4 aliphatic rings. The minimum Gasteiger partial charge on any atom is -0.393 e. The maximum atomic E-state index is 12.1. The Balaban J connectivity index is 1.50. The molecule has 4 aliphatic carbocycles. The first kappa shape index (κ1) is 23.7. The lowest BCUT2D eigenvalue weighted by Crippen LogP contribution is -2.58. The molecule has 0 aromatic carbocycles. The van der Waals surface area contributed by atoms with E-state index in [0.29, 0.717) is 54.1 Å². The molecule has 7 unspecified atom stereocenters. The molecule has 4 saturated carbocycles. The first-order valence-corrected chi connectivity index (χ1v) is 13.0. The molecule has 0 saturated heterocycles. The third kappa shape index (κ3) is 3.93. The van der Waals surface area contributed by atoms with Crippen LogP contribution in [0.1, 0.15) is 98.8 Å². The molecule has 0 heterocycles. The average molecular weight is 435 g/mol. The lowest BCUT2D eigenvalue weighted by atomic mass is 9.44. The van der Waals surface area contributed by atoms with Gasteiger partial charge in [-0.2, -0.15) is 0 Å². The Labute approximate surface area is 189 Å². The molecule has 4 rings (SSSR count). The molecule has 4 heteroatoms. The van der Waals surface area contributed by atoms with Crippen molar-refractivity contribution in [3.8, 4) is 0 Å². The zero-order valence-electron chi connectivity index (χ0n) is 20.4. The highest BCUT2D eigenvalue weighted by atomic mass is 16.3. The number of ketones is 1. The van der Waals surface area contributed by atoms with Gasteiger partial charge < -0.3 is 15.3 Å². The average Bonchev–Trinajstić information content (AvgIpc) is 3.03. The predicted molar refractivity (Wildman–Crippen MR) is 122 cm³/mol. The van der Waals surface area contributed by atoms with Crippen molar-refractivity contribution in [2.24, 2.45) is 46.3 Å². The monoisotopic (exact) mass is 434 g/mol. The van der Waals surface area contributed by atoms with Crippen LogP contribution in [0.3, 0.4) is 0 Å². The normalized spacial score (nSPS) is 47.3. The van der Waals surface area contributed by atoms with Crippen molar-refractivity contribution in [2.45, 2.75) is 117 Å². The van der Waals surface area contributed by atoms with Gasteiger partial charge in [0, 0.05) is 12.8 Å². The quantitative estimate of drug-likeness (QED) is 0.584. The number of hydrogen-bond acceptors (Lipinski definition) is 4. The number of Topliss-reactive ketones (excluding diaryl/α,β-unsaturated/α-hetero) is 1. The van der Waals surface area contributed by atoms with Crippen molar-refractivity contribution in [3.05, 3.63) is 0 Å². The summed E-state index contributed by atoms with van der Waals surface area (Å²) >= 11 is 0. The van der Waals surface area contributed by atoms with Gasteiger partial charge in [0.1, 0.15) is 5.78 Å². The lowest BCUT2D eigenvalue weighted by Gasteiger charge is -2.62. The Morgan fingerprint density at radius 1 is 1.06 bits per heavy atom. The second kappa shape index (κ2) is 8.09. The van der Waals surface area contributed by atoms with E-state index in [1.807, 2.05) is 0 Å². The molecule has 31 heavy (non-hydrogen) atoms. The Bertz CT molecular complexity index is 683. The summed E-state index contributed by atoms with van der Waals surface area (Å²) in [6.45, 7) is 10.6. The van der Waals surface area contributed by atoms with Gasteiger partial charge in [-0.1, -0.05) is 20.8 Å². The lowest BCUT2D eigenvalue weighted by molar-refractivity contribution is -0.169. The highest BCUT2D eigenvalue weighted by Gasteiger charge is 2.62. The van der Waals surface area contributed by atoms with Gasteiger partial charge in [0.15, 0.2) is 0 Å². The SMILES string of the molecule is C[C@H](CCC(O)C(C)(C)O)C1CC[C@H]2C3C(O)CC4CC(=O)CCC4(C)[C@H]3CCC12C. The number of carbonyl (C=O) groups is 1. The molecule has 4 nitrogen and oxygen atoms in total. The Morgan fingerprint density at radius 2 is 1.74 bits per heavy atom. The molecule has 0 bridgehead atoms. The summed E-state index contributed by atoms with van der Waals surface area (Å²) in [7, 11) is 0. The first-order valence-electron chi connectivity index (χ1n) is 13.0. The van der Waals surface area contributed by atoms with Crippen molar-refractivity contribution in [2.75, 3.05) is 0 Å². The highest BCUT2D eigenvalue weighted by molar-refractivity contribution is 5.79. The van der Waals surface area contributed by atoms with Crippen molar-refractivity contribution in [3.63, 3.8) is 0 Å². The highest BCUT2D eigenvalue weighted by Crippen LogP contribution is 2.68. The largest absolute Gasteiger partial charge is 0.393 e. The fourth-order valence-electron chi connectivity index (χ4n) is 8.96. The minimum absolute atomic E-state index is 0.222. The van der Waals surface area contributed by atoms with Gasteiger partial charge in [0.2, 0.25) is 0 Å². The van der Waals surface area contributed by atoms with E-state index in [4.69, 9.17) is 0 Å². The van der Waals surface area contributed by atoms with E-state index in [2.05, 4.69) is 20.8 Å². The summed E-state index contributed by atoms with van der Waals surface area (Å²) in [4.78, 5) is 12.1. The van der Waals surface area contributed by atoms with Crippen LogP contribution in [0.5, 0.6) is 0 Å². The van der Waals surface area contributed by atoms with Crippen LogP contribution in [0.25, 0.3) is 0 Å². The third-order valence-electron chi connectivity index (χ3n) is 11.0. The summed E-state index contributed by atoms with van der Waals surface area (Å²) < 4.78 is 0. The molecule has 0 aromatic rings. The Hall–Kier alpha value is -0.450.